The van der Waals surface area contributed by atoms with Crippen LogP contribution in [-0.4, -0.2) is 23.6 Å². The quantitative estimate of drug-likeness (QED) is 0.433. The summed E-state index contributed by atoms with van der Waals surface area (Å²) in [6.07, 6.45) is 0.549. The first kappa shape index (κ1) is 16.1. The highest BCUT2D eigenvalue weighted by atomic mass is 35.5. The van der Waals surface area contributed by atoms with Crippen LogP contribution < -0.4 is 10.8 Å². The Morgan fingerprint density at radius 3 is 2.55 bits per heavy atom. The maximum Gasteiger partial charge on any atom is 0.287 e. The van der Waals surface area contributed by atoms with Gasteiger partial charge < -0.3 is 9.73 Å². The zero-order valence-electron chi connectivity index (χ0n) is 11.6. The second kappa shape index (κ2) is 7.63. The Morgan fingerprint density at radius 1 is 1.14 bits per heavy atom. The van der Waals surface area contributed by atoms with Crippen molar-refractivity contribution in [3.8, 4) is 11.3 Å². The maximum absolute atomic E-state index is 11.9. The summed E-state index contributed by atoms with van der Waals surface area (Å²) in [5.41, 5.74) is 2.35. The smallest absolute Gasteiger partial charge is 0.287 e. The van der Waals surface area contributed by atoms with Gasteiger partial charge in [0.2, 0.25) is 5.91 Å². The molecule has 2 amide bonds. The number of carbonyl (C=O) groups excluding carboxylic acids is 2. The standard InChI is InChI=1S/C15H15ClN2O4/c16-11-5-3-10(4-6-11)12-7-8-13(22-12)15(20)17-9-1-2-14(19)18-21/h3-8,21H,1-2,9H2,(H,17,20)(H,18,19). The molecule has 0 saturated heterocycles. The molecule has 1 heterocycles. The molecule has 0 atom stereocenters. The molecule has 6 nitrogen and oxygen atoms in total. The predicted octanol–water partition coefficient (Wildman–Crippen LogP) is 2.62. The summed E-state index contributed by atoms with van der Waals surface area (Å²) >= 11 is 5.82. The van der Waals surface area contributed by atoms with E-state index in [0.29, 0.717) is 23.7 Å². The van der Waals surface area contributed by atoms with Gasteiger partial charge in [-0.2, -0.15) is 0 Å². The van der Waals surface area contributed by atoms with Crippen LogP contribution in [-0.2, 0) is 4.79 Å². The molecule has 0 aliphatic carbocycles. The van der Waals surface area contributed by atoms with Gasteiger partial charge in [-0.05, 0) is 42.8 Å². The van der Waals surface area contributed by atoms with Crippen molar-refractivity contribution in [1.82, 2.24) is 10.8 Å². The molecule has 0 aliphatic heterocycles. The number of benzene rings is 1. The fourth-order valence-corrected chi connectivity index (χ4v) is 1.95. The summed E-state index contributed by atoms with van der Waals surface area (Å²) < 4.78 is 5.50. The van der Waals surface area contributed by atoms with Crippen LogP contribution in [0.15, 0.2) is 40.8 Å². The number of halogens is 1. The zero-order valence-corrected chi connectivity index (χ0v) is 12.4. The van der Waals surface area contributed by atoms with E-state index in [2.05, 4.69) is 5.32 Å². The largest absolute Gasteiger partial charge is 0.451 e. The number of furan rings is 1. The first-order chi connectivity index (χ1) is 10.6. The van der Waals surface area contributed by atoms with Crippen molar-refractivity contribution in [2.24, 2.45) is 0 Å². The Hall–Kier alpha value is -2.31. The van der Waals surface area contributed by atoms with Crippen LogP contribution in [0.4, 0.5) is 0 Å². The summed E-state index contributed by atoms with van der Waals surface area (Å²) in [7, 11) is 0. The van der Waals surface area contributed by atoms with Crippen molar-refractivity contribution < 1.29 is 19.2 Å². The van der Waals surface area contributed by atoms with Crippen LogP contribution in [0.25, 0.3) is 11.3 Å². The van der Waals surface area contributed by atoms with E-state index >= 15 is 0 Å². The lowest BCUT2D eigenvalue weighted by atomic mass is 10.2. The van der Waals surface area contributed by atoms with E-state index in [1.54, 1.807) is 36.4 Å². The number of hydrogen-bond donors (Lipinski definition) is 3. The van der Waals surface area contributed by atoms with Gasteiger partial charge in [0.1, 0.15) is 5.76 Å². The third-order valence-corrected chi connectivity index (χ3v) is 3.20. The average molecular weight is 323 g/mol. The maximum atomic E-state index is 11.9. The first-order valence-electron chi connectivity index (χ1n) is 6.67. The molecule has 0 fully saturated rings. The molecular formula is C15H15ClN2O4. The van der Waals surface area contributed by atoms with E-state index in [-0.39, 0.29) is 18.1 Å². The van der Waals surface area contributed by atoms with Crippen molar-refractivity contribution >= 4 is 23.4 Å². The lowest BCUT2D eigenvalue weighted by Crippen LogP contribution is -2.26. The molecule has 0 unspecified atom stereocenters. The molecule has 116 valence electrons. The second-order valence-electron chi connectivity index (χ2n) is 4.57. The molecule has 2 aromatic rings. The number of carbonyl (C=O) groups is 2. The van der Waals surface area contributed by atoms with Crippen molar-refractivity contribution in [1.29, 1.82) is 0 Å². The lowest BCUT2D eigenvalue weighted by molar-refractivity contribution is -0.129. The molecule has 7 heteroatoms. The zero-order chi connectivity index (χ0) is 15.9. The first-order valence-corrected chi connectivity index (χ1v) is 7.05. The molecule has 0 radical (unpaired) electrons. The SMILES string of the molecule is O=C(CCCNC(=O)c1ccc(-c2ccc(Cl)cc2)o1)NO. The number of hydrogen-bond acceptors (Lipinski definition) is 4. The minimum Gasteiger partial charge on any atom is -0.451 e. The van der Waals surface area contributed by atoms with E-state index in [4.69, 9.17) is 21.2 Å². The molecule has 2 rings (SSSR count). The van der Waals surface area contributed by atoms with Crippen LogP contribution in [0.5, 0.6) is 0 Å². The highest BCUT2D eigenvalue weighted by Crippen LogP contribution is 2.23. The molecule has 0 bridgehead atoms. The molecule has 0 saturated carbocycles. The molecule has 22 heavy (non-hydrogen) atoms. The van der Waals surface area contributed by atoms with Gasteiger partial charge in [0, 0.05) is 23.6 Å². The molecular weight excluding hydrogens is 308 g/mol. The Morgan fingerprint density at radius 2 is 1.86 bits per heavy atom. The minimum absolute atomic E-state index is 0.130. The second-order valence-corrected chi connectivity index (χ2v) is 5.00. The molecule has 0 spiro atoms. The highest BCUT2D eigenvalue weighted by Gasteiger charge is 2.12. The minimum atomic E-state index is -0.489. The lowest BCUT2D eigenvalue weighted by Gasteiger charge is -2.02. The van der Waals surface area contributed by atoms with E-state index in [0.717, 1.165) is 5.56 Å². The Bertz CT molecular complexity index is 652. The number of hydroxylamine groups is 1. The van der Waals surface area contributed by atoms with Gasteiger partial charge in [-0.15, -0.1) is 0 Å². The summed E-state index contributed by atoms with van der Waals surface area (Å²) in [4.78, 5) is 22.7. The normalized spacial score (nSPS) is 10.3. The van der Waals surface area contributed by atoms with Crippen molar-refractivity contribution in [3.63, 3.8) is 0 Å². The van der Waals surface area contributed by atoms with Gasteiger partial charge in [-0.25, -0.2) is 5.48 Å². The number of amides is 2. The van der Waals surface area contributed by atoms with Gasteiger partial charge >= 0.3 is 0 Å². The summed E-state index contributed by atoms with van der Waals surface area (Å²) in [6.45, 7) is 0.309. The van der Waals surface area contributed by atoms with Gasteiger partial charge in [-0.3, -0.25) is 14.8 Å². The van der Waals surface area contributed by atoms with E-state index in [9.17, 15) is 9.59 Å². The number of nitrogens with one attached hydrogen (secondary N) is 2. The van der Waals surface area contributed by atoms with Gasteiger partial charge in [-0.1, -0.05) is 11.6 Å². The van der Waals surface area contributed by atoms with Crippen molar-refractivity contribution in [2.75, 3.05) is 6.54 Å². The van der Waals surface area contributed by atoms with Crippen LogP contribution in [0.3, 0.4) is 0 Å². The molecule has 1 aromatic carbocycles. The highest BCUT2D eigenvalue weighted by molar-refractivity contribution is 6.30. The molecule has 3 N–H and O–H groups in total. The van der Waals surface area contributed by atoms with Gasteiger partial charge in [0.05, 0.1) is 0 Å². The summed E-state index contributed by atoms with van der Waals surface area (Å²) in [5, 5.41) is 11.6. The summed E-state index contributed by atoms with van der Waals surface area (Å²) in [5.74, 6) is -0.0834. The van der Waals surface area contributed by atoms with Gasteiger partial charge in [0.25, 0.3) is 5.91 Å². The monoisotopic (exact) mass is 322 g/mol. The van der Waals surface area contributed by atoms with Crippen LogP contribution in [0, 0.1) is 0 Å². The number of rotatable bonds is 6. The third kappa shape index (κ3) is 4.34. The third-order valence-electron chi connectivity index (χ3n) is 2.95. The van der Waals surface area contributed by atoms with E-state index in [1.165, 1.54) is 5.48 Å². The van der Waals surface area contributed by atoms with Crippen molar-refractivity contribution in [3.05, 3.63) is 47.2 Å². The Labute approximate surface area is 132 Å². The summed E-state index contributed by atoms with van der Waals surface area (Å²) in [6, 6.07) is 10.4. The van der Waals surface area contributed by atoms with E-state index < -0.39 is 5.91 Å². The van der Waals surface area contributed by atoms with Crippen LogP contribution in [0.1, 0.15) is 23.4 Å². The van der Waals surface area contributed by atoms with E-state index in [1.807, 2.05) is 0 Å². The molecule has 0 aliphatic rings. The van der Waals surface area contributed by atoms with Crippen molar-refractivity contribution in [2.45, 2.75) is 12.8 Å². The average Bonchev–Trinajstić information content (AvgIpc) is 3.01. The van der Waals surface area contributed by atoms with Crippen LogP contribution >= 0.6 is 11.6 Å². The Kier molecular flexibility index (Phi) is 5.57. The predicted molar refractivity (Wildman–Crippen MR) is 80.7 cm³/mol. The topological polar surface area (TPSA) is 91.6 Å². The van der Waals surface area contributed by atoms with Gasteiger partial charge in [0.15, 0.2) is 5.76 Å². The fourth-order valence-electron chi connectivity index (χ4n) is 1.82. The fraction of sp³-hybridized carbons (Fsp3) is 0.200. The molecule has 1 aromatic heterocycles. The Balaban J connectivity index is 1.89. The van der Waals surface area contributed by atoms with Crippen LogP contribution in [0.2, 0.25) is 5.02 Å².